The quantitative estimate of drug-likeness (QED) is 0.0327. The highest BCUT2D eigenvalue weighted by Gasteiger charge is 2.37. The monoisotopic (exact) mass is 1800 g/mol. The predicted octanol–water partition coefficient (Wildman–Crippen LogP) is 23.0. The topological polar surface area (TPSA) is 222 Å². The molecule has 0 saturated heterocycles. The molecule has 0 atom stereocenters. The molecule has 0 bridgehead atoms. The van der Waals surface area contributed by atoms with Gasteiger partial charge in [-0.3, -0.25) is 0 Å². The molecule has 0 aliphatic heterocycles. The highest BCUT2D eigenvalue weighted by atomic mass is 16.8. The summed E-state index contributed by atoms with van der Waals surface area (Å²) in [5, 5.41) is 0. The van der Waals surface area contributed by atoms with Gasteiger partial charge in [0.2, 0.25) is 0 Å². The van der Waals surface area contributed by atoms with Gasteiger partial charge in [0.05, 0.1) is 64.0 Å². The molecular weight excluding hydrogens is 1700 g/mol. The first-order valence-electron chi connectivity index (χ1n) is 42.5. The maximum atomic E-state index is 6.02. The fourth-order valence-corrected chi connectivity index (χ4v) is 12.2. The first kappa shape index (κ1) is 98.4. The summed E-state index contributed by atoms with van der Waals surface area (Å²) in [6, 6.07) is 112. The van der Waals surface area contributed by atoms with Crippen molar-refractivity contribution in [2.45, 2.75) is 41.5 Å². The Labute approximate surface area is 785 Å². The molecule has 29 heteroatoms. The molecule has 0 aromatic heterocycles. The summed E-state index contributed by atoms with van der Waals surface area (Å²) in [6.07, 6.45) is 0. The van der Waals surface area contributed by atoms with Crippen LogP contribution in [0.25, 0.3) is 0 Å². The smallest absolute Gasteiger partial charge is 0.497 e. The summed E-state index contributed by atoms with van der Waals surface area (Å²) in [5.74, 6) is 14.9. The van der Waals surface area contributed by atoms with E-state index in [1.807, 2.05) is 260 Å². The van der Waals surface area contributed by atoms with E-state index in [9.17, 15) is 0 Å². The number of hydrogen-bond donors (Lipinski definition) is 0. The molecule has 15 rings (SSSR count). The number of para-hydroxylation sites is 9. The van der Waals surface area contributed by atoms with Crippen LogP contribution in [0.1, 0.15) is 33.4 Å². The van der Waals surface area contributed by atoms with Crippen molar-refractivity contribution in [1.82, 2.24) is 0 Å². The maximum absolute atomic E-state index is 6.02. The summed E-state index contributed by atoms with van der Waals surface area (Å²) in [5.41, 5.74) is 6.46. The lowest BCUT2D eigenvalue weighted by molar-refractivity contribution is 0.281. The SMILES string of the molecule is COc1ccc(OB(Oc2ccc(OC)cc2)Oc2ccc(OC)cc2)cc1.COc1cccc(OB(Oc2cccc(OC)c2)Oc2cccc(OC)c2)c1.COc1ccccc1OB(Oc1ccccc1OC)Oc1ccccc1OC.Cc1ccc(OB(Oc2cccc(C)c2)Oc2cccc(C)c2)cc1.Cc1ccccc1OB(Oc1ccccc1C)Oc1ccccc1C. The molecule has 24 nitrogen and oxygen atoms in total. The molecule has 15 aromatic carbocycles. The van der Waals surface area contributed by atoms with E-state index < -0.39 is 36.6 Å². The van der Waals surface area contributed by atoms with Gasteiger partial charge in [-0.2, -0.15) is 0 Å². The van der Waals surface area contributed by atoms with Gasteiger partial charge in [0.15, 0.2) is 17.2 Å². The van der Waals surface area contributed by atoms with Gasteiger partial charge in [-0.05, 0) is 270 Å². The van der Waals surface area contributed by atoms with Crippen LogP contribution in [-0.4, -0.2) is 101 Å². The Hall–Kier alpha value is -16.2. The zero-order valence-corrected chi connectivity index (χ0v) is 77.3. The number of hydrogen-bond acceptors (Lipinski definition) is 24. The minimum absolute atomic E-state index is 0.472. The number of benzene rings is 15. The van der Waals surface area contributed by atoms with Crippen molar-refractivity contribution in [3.63, 3.8) is 0 Å². The van der Waals surface area contributed by atoms with Crippen LogP contribution in [-0.2, 0) is 0 Å². The third-order valence-electron chi connectivity index (χ3n) is 19.2. The largest absolute Gasteiger partial charge is 0.864 e. The van der Waals surface area contributed by atoms with Crippen LogP contribution in [0.4, 0.5) is 0 Å². The van der Waals surface area contributed by atoms with Crippen molar-refractivity contribution in [3.8, 4) is 138 Å². The average Bonchev–Trinajstić information content (AvgIpc) is 0.843. The maximum Gasteiger partial charge on any atom is 0.864 e. The van der Waals surface area contributed by atoms with E-state index in [0.29, 0.717) is 103 Å². The van der Waals surface area contributed by atoms with E-state index >= 15 is 0 Å². The summed E-state index contributed by atoms with van der Waals surface area (Å²) in [7, 11) is 9.37. The molecule has 0 N–H and O–H groups in total. The zero-order chi connectivity index (χ0) is 94.6. The van der Waals surface area contributed by atoms with Crippen LogP contribution in [0.3, 0.4) is 0 Å². The third kappa shape index (κ3) is 32.2. The normalized spacial score (nSPS) is 10.1. The van der Waals surface area contributed by atoms with Crippen LogP contribution in [0, 0.1) is 41.5 Å². The van der Waals surface area contributed by atoms with Gasteiger partial charge in [-0.1, -0.05) is 151 Å². The van der Waals surface area contributed by atoms with Gasteiger partial charge >= 0.3 is 36.6 Å². The molecule has 0 saturated carbocycles. The van der Waals surface area contributed by atoms with Gasteiger partial charge in [-0.25, -0.2) is 0 Å². The highest BCUT2D eigenvalue weighted by Crippen LogP contribution is 2.36. The average molecular weight is 1810 g/mol. The second-order valence-corrected chi connectivity index (χ2v) is 29.0. The standard InChI is InChI=1S/3C21H21BO6.2C21H21BO3/c1-23-16-4-10-19(11-5-16)26-22(27-20-12-6-17(24-2)7-13-20)28-21-14-8-18(25-3)9-15-21;1-23-16-7-4-10-19(13-16)26-22(27-20-11-5-8-17(14-20)24-2)28-21-12-6-9-18(15-21)25-3;1-23-16-10-4-7-13-19(16)26-22(27-20-14-8-5-11-17(20)24-2)28-21-15-9-6-12-18(21)25-3;1-16-10-4-7-13-19(16)23-22(24-20-14-8-5-11-17(20)2)25-21-15-9-6-12-18(21)3;1-16-10-12-19(13-11-16)23-22(24-20-8-4-6-17(2)14-20)25-21-9-5-7-18(3)15-21/h3*4-15H,1-3H3;2*4-15H,1-3H3. The molecule has 0 aliphatic carbocycles. The molecule has 134 heavy (non-hydrogen) atoms. The van der Waals surface area contributed by atoms with Gasteiger partial charge in [-0.15, -0.1) is 0 Å². The lowest BCUT2D eigenvalue weighted by atomic mass is 10.1. The Morgan fingerprint density at radius 2 is 0.313 bits per heavy atom. The molecule has 0 amide bonds. The molecule has 0 radical (unpaired) electrons. The zero-order valence-electron chi connectivity index (χ0n) is 77.3. The van der Waals surface area contributed by atoms with Gasteiger partial charge in [0.1, 0.15) is 121 Å². The van der Waals surface area contributed by atoms with E-state index in [0.717, 1.165) is 62.3 Å². The number of rotatable bonds is 39. The molecule has 0 spiro atoms. The fraction of sp³-hybridized carbons (Fsp3) is 0.143. The molecule has 0 aliphatic rings. The minimum atomic E-state index is -1.12. The lowest BCUT2D eigenvalue weighted by Gasteiger charge is -2.19. The van der Waals surface area contributed by atoms with Gasteiger partial charge in [0.25, 0.3) is 0 Å². The van der Waals surface area contributed by atoms with Crippen molar-refractivity contribution in [2.24, 2.45) is 0 Å². The second-order valence-electron chi connectivity index (χ2n) is 29.0. The summed E-state index contributed by atoms with van der Waals surface area (Å²) in [6.45, 7) is 12.1. The third-order valence-corrected chi connectivity index (χ3v) is 19.2. The molecule has 684 valence electrons. The molecule has 15 aromatic rings. The van der Waals surface area contributed by atoms with E-state index in [1.54, 1.807) is 210 Å². The minimum Gasteiger partial charge on any atom is -0.497 e. The predicted molar refractivity (Wildman–Crippen MR) is 522 cm³/mol. The molecule has 0 unspecified atom stereocenters. The highest BCUT2D eigenvalue weighted by molar-refractivity contribution is 6.41. The Morgan fingerprint density at radius 3 is 0.552 bits per heavy atom. The Morgan fingerprint density at radius 1 is 0.127 bits per heavy atom. The van der Waals surface area contributed by atoms with Crippen molar-refractivity contribution in [2.75, 3.05) is 64.0 Å². The van der Waals surface area contributed by atoms with Gasteiger partial charge < -0.3 is 112 Å². The van der Waals surface area contributed by atoms with Crippen LogP contribution in [0.5, 0.6) is 138 Å². The molecular formula is C105H105B5O24. The Kier molecular flexibility index (Phi) is 38.5. The summed E-state index contributed by atoms with van der Waals surface area (Å²) >= 11 is 0. The van der Waals surface area contributed by atoms with Crippen molar-refractivity contribution in [3.05, 3.63) is 397 Å². The number of aryl methyl sites for hydroxylation is 6. The molecule has 0 fully saturated rings. The summed E-state index contributed by atoms with van der Waals surface area (Å²) in [4.78, 5) is 0. The number of methoxy groups -OCH3 is 9. The summed E-state index contributed by atoms with van der Waals surface area (Å²) < 4.78 is 136. The van der Waals surface area contributed by atoms with Crippen LogP contribution < -0.4 is 112 Å². The lowest BCUT2D eigenvalue weighted by Crippen LogP contribution is -2.37. The Bertz CT molecular complexity index is 5510. The molecule has 0 heterocycles. The van der Waals surface area contributed by atoms with E-state index in [-0.39, 0.29) is 0 Å². The van der Waals surface area contributed by atoms with E-state index in [4.69, 9.17) is 112 Å². The van der Waals surface area contributed by atoms with E-state index in [2.05, 4.69) is 0 Å². The van der Waals surface area contributed by atoms with Crippen molar-refractivity contribution < 1.29 is 112 Å². The Balaban J connectivity index is 0.000000161. The van der Waals surface area contributed by atoms with Gasteiger partial charge in [0, 0.05) is 18.2 Å². The number of ether oxygens (including phenoxy) is 9. The second kappa shape index (κ2) is 52.5. The van der Waals surface area contributed by atoms with Crippen molar-refractivity contribution in [1.29, 1.82) is 0 Å². The van der Waals surface area contributed by atoms with Crippen molar-refractivity contribution >= 4 is 36.6 Å². The van der Waals surface area contributed by atoms with Crippen LogP contribution in [0.2, 0.25) is 0 Å². The fourth-order valence-electron chi connectivity index (χ4n) is 12.2. The first-order valence-corrected chi connectivity index (χ1v) is 42.5. The van der Waals surface area contributed by atoms with Crippen LogP contribution in [0.15, 0.2) is 364 Å². The first-order chi connectivity index (χ1) is 65.3. The van der Waals surface area contributed by atoms with E-state index in [1.165, 1.54) is 5.56 Å². The van der Waals surface area contributed by atoms with Crippen LogP contribution >= 0.6 is 0 Å².